The molecule has 0 aromatic carbocycles. The highest BCUT2D eigenvalue weighted by atomic mass is 16.5. The minimum absolute atomic E-state index is 0.629. The fraction of sp³-hybridized carbons (Fsp3) is 0.667. The summed E-state index contributed by atoms with van der Waals surface area (Å²) in [4.78, 5) is 21.3. The van der Waals surface area contributed by atoms with Crippen LogP contribution in [0.1, 0.15) is 6.42 Å². The third-order valence-corrected chi connectivity index (χ3v) is 1.18. The second kappa shape index (κ2) is 4.03. The van der Waals surface area contributed by atoms with Crippen molar-refractivity contribution in [2.45, 2.75) is 12.1 Å². The molecule has 0 aliphatic carbocycles. The first-order valence-corrected chi connectivity index (χ1v) is 3.10. The van der Waals surface area contributed by atoms with Crippen LogP contribution >= 0.6 is 0 Å². The predicted octanol–water partition coefficient (Wildman–Crippen LogP) is -1.63. The van der Waals surface area contributed by atoms with Crippen LogP contribution in [0.3, 0.4) is 0 Å². The van der Waals surface area contributed by atoms with Crippen LogP contribution in [-0.2, 0) is 19.1 Å². The zero-order chi connectivity index (χ0) is 9.78. The molecule has 70 valence electrons. The monoisotopic (exact) mass is 177 g/mol. The summed E-state index contributed by atoms with van der Waals surface area (Å²) in [5.74, 6) is -1.86. The van der Waals surface area contributed by atoms with Crippen molar-refractivity contribution in [3.05, 3.63) is 0 Å². The molecule has 0 fully saturated rings. The molecule has 0 aromatic heterocycles. The maximum atomic E-state index is 10.7. The number of esters is 2. The smallest absolute Gasteiger partial charge is 0.353 e. The summed E-state index contributed by atoms with van der Waals surface area (Å²) in [5.41, 5.74) is 2.72. The summed E-state index contributed by atoms with van der Waals surface area (Å²) in [7, 11) is 2.17. The quantitative estimate of drug-likeness (QED) is 0.396. The molecule has 0 radical (unpaired) electrons. The number of hydrogen-bond donors (Lipinski definition) is 2. The van der Waals surface area contributed by atoms with Crippen LogP contribution in [0.5, 0.6) is 0 Å². The lowest BCUT2D eigenvalue weighted by Crippen LogP contribution is -2.50. The topological polar surface area (TPSA) is 98.9 Å². The van der Waals surface area contributed by atoms with E-state index in [-0.39, 0.29) is 0 Å². The molecule has 3 N–H and O–H groups in total. The van der Waals surface area contributed by atoms with Gasteiger partial charge in [-0.3, -0.25) is 10.5 Å². The Hall–Kier alpha value is -1.14. The minimum atomic E-state index is -2.30. The van der Waals surface area contributed by atoms with Crippen molar-refractivity contribution in [3.63, 3.8) is 0 Å². The lowest BCUT2D eigenvalue weighted by atomic mass is 10.1. The van der Waals surface area contributed by atoms with Crippen molar-refractivity contribution in [2.24, 2.45) is 5.73 Å². The summed E-state index contributed by atoms with van der Waals surface area (Å²) in [6.07, 6.45) is -0.629. The molecule has 6 nitrogen and oxygen atoms in total. The van der Waals surface area contributed by atoms with Crippen LogP contribution in [-0.4, -0.2) is 37.0 Å². The van der Waals surface area contributed by atoms with Crippen LogP contribution in [0, 0.1) is 0 Å². The highest BCUT2D eigenvalue weighted by Gasteiger charge is 2.35. The zero-order valence-electron chi connectivity index (χ0n) is 6.86. The second-order valence-corrected chi connectivity index (χ2v) is 2.17. The Kier molecular flexibility index (Phi) is 3.65. The van der Waals surface area contributed by atoms with Gasteiger partial charge in [-0.05, 0) is 0 Å². The summed E-state index contributed by atoms with van der Waals surface area (Å²) in [6, 6.07) is 0. The molecule has 0 amide bonds. The van der Waals surface area contributed by atoms with Crippen molar-refractivity contribution < 1.29 is 24.2 Å². The van der Waals surface area contributed by atoms with Gasteiger partial charge in [0, 0.05) is 0 Å². The molecule has 12 heavy (non-hydrogen) atoms. The number of ether oxygens (including phenoxy) is 2. The molecule has 1 unspecified atom stereocenters. The fourth-order valence-electron chi connectivity index (χ4n) is 0.541. The molecule has 0 saturated carbocycles. The number of carbonyl (C=O) groups excluding carboxylic acids is 2. The van der Waals surface area contributed by atoms with Gasteiger partial charge in [0.1, 0.15) is 0 Å². The molecule has 0 aliphatic heterocycles. The molecule has 0 aliphatic rings. The van der Waals surface area contributed by atoms with Crippen molar-refractivity contribution in [1.82, 2.24) is 0 Å². The van der Waals surface area contributed by atoms with E-state index in [1.807, 2.05) is 0 Å². The van der Waals surface area contributed by atoms with Gasteiger partial charge in [-0.15, -0.1) is 0 Å². The van der Waals surface area contributed by atoms with Gasteiger partial charge in [-0.2, -0.15) is 0 Å². The maximum Gasteiger partial charge on any atom is 0.353 e. The molecule has 0 aromatic rings. The second-order valence-electron chi connectivity index (χ2n) is 2.17. The number of carbonyl (C=O) groups is 2. The van der Waals surface area contributed by atoms with Crippen LogP contribution in [0.2, 0.25) is 0 Å². The van der Waals surface area contributed by atoms with Gasteiger partial charge >= 0.3 is 11.9 Å². The van der Waals surface area contributed by atoms with E-state index < -0.39 is 24.1 Å². The van der Waals surface area contributed by atoms with Gasteiger partial charge in [-0.25, -0.2) is 4.79 Å². The Morgan fingerprint density at radius 3 is 2.25 bits per heavy atom. The first-order chi connectivity index (χ1) is 5.44. The van der Waals surface area contributed by atoms with E-state index in [0.29, 0.717) is 0 Å². The molecule has 6 heteroatoms. The van der Waals surface area contributed by atoms with Gasteiger partial charge in [-0.1, -0.05) is 0 Å². The average molecular weight is 177 g/mol. The van der Waals surface area contributed by atoms with Crippen molar-refractivity contribution in [1.29, 1.82) is 0 Å². The Morgan fingerprint density at radius 1 is 1.42 bits per heavy atom. The number of rotatable bonds is 3. The summed E-state index contributed by atoms with van der Waals surface area (Å²) < 4.78 is 8.33. The highest BCUT2D eigenvalue weighted by molar-refractivity contribution is 5.84. The number of nitrogens with two attached hydrogens (primary N) is 1. The first kappa shape index (κ1) is 10.9. The molecule has 0 saturated heterocycles. The van der Waals surface area contributed by atoms with Crippen LogP contribution in [0.25, 0.3) is 0 Å². The minimum Gasteiger partial charge on any atom is -0.469 e. The van der Waals surface area contributed by atoms with E-state index >= 15 is 0 Å². The van der Waals surface area contributed by atoms with E-state index in [2.05, 4.69) is 9.47 Å². The lowest BCUT2D eigenvalue weighted by Gasteiger charge is -2.17. The zero-order valence-corrected chi connectivity index (χ0v) is 6.86. The molecule has 0 bridgehead atoms. The van der Waals surface area contributed by atoms with E-state index in [1.54, 1.807) is 0 Å². The van der Waals surface area contributed by atoms with E-state index in [9.17, 15) is 9.59 Å². The van der Waals surface area contributed by atoms with Crippen molar-refractivity contribution in [3.8, 4) is 0 Å². The fourth-order valence-corrected chi connectivity index (χ4v) is 0.541. The molecule has 0 rings (SSSR count). The van der Waals surface area contributed by atoms with Crippen molar-refractivity contribution in [2.75, 3.05) is 14.2 Å². The van der Waals surface area contributed by atoms with Crippen molar-refractivity contribution >= 4 is 11.9 Å². The van der Waals surface area contributed by atoms with E-state index in [1.165, 1.54) is 0 Å². The Bertz CT molecular complexity index is 188. The molecule has 0 heterocycles. The van der Waals surface area contributed by atoms with Crippen LogP contribution < -0.4 is 5.73 Å². The number of hydrogen-bond acceptors (Lipinski definition) is 6. The third-order valence-electron chi connectivity index (χ3n) is 1.18. The largest absolute Gasteiger partial charge is 0.469 e. The van der Waals surface area contributed by atoms with E-state index in [4.69, 9.17) is 10.8 Å². The summed E-state index contributed by atoms with van der Waals surface area (Å²) >= 11 is 0. The number of methoxy groups -OCH3 is 2. The molecule has 1 atom stereocenters. The Balaban J connectivity index is 4.21. The van der Waals surface area contributed by atoms with Gasteiger partial charge in [0.2, 0.25) is 5.72 Å². The van der Waals surface area contributed by atoms with E-state index in [0.717, 1.165) is 14.2 Å². The predicted molar refractivity (Wildman–Crippen MR) is 37.8 cm³/mol. The van der Waals surface area contributed by atoms with Crippen LogP contribution in [0.15, 0.2) is 0 Å². The lowest BCUT2D eigenvalue weighted by molar-refractivity contribution is -0.168. The third kappa shape index (κ3) is 2.85. The van der Waals surface area contributed by atoms with Gasteiger partial charge in [0.25, 0.3) is 0 Å². The molecular formula is C6H11NO5. The van der Waals surface area contributed by atoms with Gasteiger partial charge < -0.3 is 14.6 Å². The first-order valence-electron chi connectivity index (χ1n) is 3.10. The normalized spacial score (nSPS) is 14.7. The Morgan fingerprint density at radius 2 is 1.92 bits per heavy atom. The average Bonchev–Trinajstić information content (AvgIpc) is 2.02. The SMILES string of the molecule is COC(=O)CC(N)(O)C(=O)OC. The molecular weight excluding hydrogens is 166 g/mol. The molecule has 0 spiro atoms. The Labute approximate surface area is 69.2 Å². The standard InChI is InChI=1S/C6H11NO5/c1-11-4(8)3-6(7,10)5(9)12-2/h10H,3,7H2,1-2H3. The van der Waals surface area contributed by atoms with Crippen LogP contribution in [0.4, 0.5) is 0 Å². The van der Waals surface area contributed by atoms with Gasteiger partial charge in [0.05, 0.1) is 20.6 Å². The van der Waals surface area contributed by atoms with Gasteiger partial charge in [0.15, 0.2) is 0 Å². The number of aliphatic hydroxyl groups is 1. The summed E-state index contributed by atoms with van der Waals surface area (Å²) in [5, 5.41) is 9.09. The highest BCUT2D eigenvalue weighted by Crippen LogP contribution is 2.05. The summed E-state index contributed by atoms with van der Waals surface area (Å²) in [6.45, 7) is 0. The maximum absolute atomic E-state index is 10.7.